The summed E-state index contributed by atoms with van der Waals surface area (Å²) in [5.41, 5.74) is 5.67. The molecule has 1 amide bonds. The normalized spacial score (nSPS) is 15.5. The van der Waals surface area contributed by atoms with Crippen LogP contribution in [-0.4, -0.2) is 30.1 Å². The molecular formula is C16H17BrFN3O3. The number of carbonyl (C=O) groups is 1. The van der Waals surface area contributed by atoms with E-state index >= 15 is 0 Å². The maximum Gasteiger partial charge on any atom is 0.297 e. The molecule has 3 rings (SSSR count). The lowest BCUT2D eigenvalue weighted by molar-refractivity contribution is -0.117. The highest BCUT2D eigenvalue weighted by molar-refractivity contribution is 9.10. The van der Waals surface area contributed by atoms with Crippen molar-refractivity contribution in [3.8, 4) is 5.75 Å². The molecule has 2 aromatic rings. The molecule has 0 radical (unpaired) electrons. The van der Waals surface area contributed by atoms with Crippen LogP contribution in [0.25, 0.3) is 0 Å². The average molecular weight is 398 g/mol. The van der Waals surface area contributed by atoms with E-state index in [2.05, 4.69) is 20.9 Å². The van der Waals surface area contributed by atoms with E-state index in [1.165, 1.54) is 18.4 Å². The van der Waals surface area contributed by atoms with Gasteiger partial charge < -0.3 is 19.8 Å². The maximum absolute atomic E-state index is 13.3. The SMILES string of the molecule is NC(=O)Cc1coc(N2CCC(Oc3cc(F)ccc3Br)CC2)n1. The van der Waals surface area contributed by atoms with E-state index < -0.39 is 5.91 Å². The van der Waals surface area contributed by atoms with Gasteiger partial charge in [0.05, 0.1) is 16.6 Å². The van der Waals surface area contributed by atoms with Crippen molar-refractivity contribution in [2.75, 3.05) is 18.0 Å². The Morgan fingerprint density at radius 2 is 2.21 bits per heavy atom. The lowest BCUT2D eigenvalue weighted by Crippen LogP contribution is -2.38. The Morgan fingerprint density at radius 3 is 2.92 bits per heavy atom. The van der Waals surface area contributed by atoms with Crippen LogP contribution >= 0.6 is 15.9 Å². The first-order chi connectivity index (χ1) is 11.5. The molecule has 0 spiro atoms. The summed E-state index contributed by atoms with van der Waals surface area (Å²) in [6, 6.07) is 4.87. The van der Waals surface area contributed by atoms with Crippen LogP contribution in [0.2, 0.25) is 0 Å². The van der Waals surface area contributed by atoms with E-state index in [4.69, 9.17) is 14.9 Å². The van der Waals surface area contributed by atoms with E-state index in [1.54, 1.807) is 6.07 Å². The predicted molar refractivity (Wildman–Crippen MR) is 89.4 cm³/mol. The van der Waals surface area contributed by atoms with Gasteiger partial charge in [0.25, 0.3) is 6.01 Å². The Kier molecular flexibility index (Phi) is 5.03. The molecule has 8 heteroatoms. The molecular weight excluding hydrogens is 381 g/mol. The fourth-order valence-electron chi connectivity index (χ4n) is 2.61. The standard InChI is InChI=1S/C16H17BrFN3O3/c17-13-2-1-10(18)7-14(13)24-12-3-5-21(6-4-12)16-20-11(9-23-16)8-15(19)22/h1-2,7,9,12H,3-6,8H2,(H2,19,22). The molecule has 128 valence electrons. The molecule has 0 unspecified atom stereocenters. The van der Waals surface area contributed by atoms with Crippen LogP contribution in [0.1, 0.15) is 18.5 Å². The molecule has 0 aliphatic carbocycles. The second kappa shape index (κ2) is 7.21. The Hall–Kier alpha value is -2.09. The van der Waals surface area contributed by atoms with Gasteiger partial charge in [-0.2, -0.15) is 4.98 Å². The van der Waals surface area contributed by atoms with Gasteiger partial charge in [0, 0.05) is 32.0 Å². The molecule has 24 heavy (non-hydrogen) atoms. The number of piperidine rings is 1. The first kappa shape index (κ1) is 16.8. The highest BCUT2D eigenvalue weighted by atomic mass is 79.9. The van der Waals surface area contributed by atoms with Gasteiger partial charge in [0.2, 0.25) is 5.91 Å². The zero-order chi connectivity index (χ0) is 17.1. The summed E-state index contributed by atoms with van der Waals surface area (Å²) in [4.78, 5) is 17.2. The number of oxazole rings is 1. The van der Waals surface area contributed by atoms with E-state index in [1.807, 2.05) is 4.90 Å². The third-order valence-electron chi connectivity index (χ3n) is 3.79. The minimum absolute atomic E-state index is 0.000553. The average Bonchev–Trinajstić information content (AvgIpc) is 2.99. The van der Waals surface area contributed by atoms with Crippen molar-refractivity contribution in [2.24, 2.45) is 5.73 Å². The van der Waals surface area contributed by atoms with Crippen molar-refractivity contribution >= 4 is 27.9 Å². The lowest BCUT2D eigenvalue weighted by atomic mass is 10.1. The highest BCUT2D eigenvalue weighted by Crippen LogP contribution is 2.29. The number of anilines is 1. The number of carbonyl (C=O) groups excluding carboxylic acids is 1. The van der Waals surface area contributed by atoms with Crippen molar-refractivity contribution < 1.29 is 18.3 Å². The second-order valence-electron chi connectivity index (χ2n) is 5.64. The molecule has 1 aliphatic rings. The van der Waals surface area contributed by atoms with E-state index in [9.17, 15) is 9.18 Å². The van der Waals surface area contributed by atoms with E-state index in [0.717, 1.165) is 17.3 Å². The molecule has 2 N–H and O–H groups in total. The van der Waals surface area contributed by atoms with Gasteiger partial charge in [-0.15, -0.1) is 0 Å². The van der Waals surface area contributed by atoms with Crippen LogP contribution in [0.15, 0.2) is 33.4 Å². The fourth-order valence-corrected chi connectivity index (χ4v) is 2.95. The van der Waals surface area contributed by atoms with Crippen LogP contribution < -0.4 is 15.4 Å². The van der Waals surface area contributed by atoms with Crippen LogP contribution in [0.5, 0.6) is 5.75 Å². The third-order valence-corrected chi connectivity index (χ3v) is 4.45. The van der Waals surface area contributed by atoms with Gasteiger partial charge in [-0.1, -0.05) is 0 Å². The summed E-state index contributed by atoms with van der Waals surface area (Å²) < 4.78 is 25.3. The van der Waals surface area contributed by atoms with Crippen LogP contribution in [0, 0.1) is 5.82 Å². The Bertz CT molecular complexity index is 729. The van der Waals surface area contributed by atoms with Crippen LogP contribution in [0.4, 0.5) is 10.4 Å². The number of primary amides is 1. The minimum atomic E-state index is -0.442. The monoisotopic (exact) mass is 397 g/mol. The summed E-state index contributed by atoms with van der Waals surface area (Å²) >= 11 is 3.36. The van der Waals surface area contributed by atoms with Crippen LogP contribution in [0.3, 0.4) is 0 Å². The first-order valence-corrected chi connectivity index (χ1v) is 8.40. The van der Waals surface area contributed by atoms with Gasteiger partial charge in [0.1, 0.15) is 23.9 Å². The van der Waals surface area contributed by atoms with E-state index in [-0.39, 0.29) is 18.3 Å². The van der Waals surface area contributed by atoms with Gasteiger partial charge in [-0.3, -0.25) is 4.79 Å². The topological polar surface area (TPSA) is 81.6 Å². The molecule has 6 nitrogen and oxygen atoms in total. The zero-order valence-electron chi connectivity index (χ0n) is 12.9. The van der Waals surface area contributed by atoms with Gasteiger partial charge in [-0.05, 0) is 28.1 Å². The van der Waals surface area contributed by atoms with Gasteiger partial charge >= 0.3 is 0 Å². The number of aromatic nitrogens is 1. The number of nitrogens with zero attached hydrogens (tertiary/aromatic N) is 2. The van der Waals surface area contributed by atoms with Gasteiger partial charge in [-0.25, -0.2) is 4.39 Å². The smallest absolute Gasteiger partial charge is 0.297 e. The first-order valence-electron chi connectivity index (χ1n) is 7.60. The molecule has 0 atom stereocenters. The van der Waals surface area contributed by atoms with Crippen molar-refractivity contribution in [1.29, 1.82) is 0 Å². The molecule has 1 saturated heterocycles. The van der Waals surface area contributed by atoms with Crippen molar-refractivity contribution in [2.45, 2.75) is 25.4 Å². The third kappa shape index (κ3) is 4.05. The Morgan fingerprint density at radius 1 is 1.46 bits per heavy atom. The molecule has 1 aromatic heterocycles. The number of hydrogen-bond donors (Lipinski definition) is 1. The predicted octanol–water partition coefficient (Wildman–Crippen LogP) is 2.65. The lowest BCUT2D eigenvalue weighted by Gasteiger charge is -2.31. The Balaban J connectivity index is 1.56. The van der Waals surface area contributed by atoms with E-state index in [0.29, 0.717) is 30.5 Å². The number of rotatable bonds is 5. The number of benzene rings is 1. The summed E-state index contributed by atoms with van der Waals surface area (Å²) in [5, 5.41) is 0. The molecule has 0 bridgehead atoms. The molecule has 1 aliphatic heterocycles. The number of nitrogens with two attached hydrogens (primary N) is 1. The molecule has 1 aromatic carbocycles. The largest absolute Gasteiger partial charge is 0.489 e. The number of ether oxygens (including phenoxy) is 1. The summed E-state index contributed by atoms with van der Waals surface area (Å²) in [6.07, 6.45) is 3.04. The number of hydrogen-bond acceptors (Lipinski definition) is 5. The van der Waals surface area contributed by atoms with Crippen molar-refractivity contribution in [3.63, 3.8) is 0 Å². The zero-order valence-corrected chi connectivity index (χ0v) is 14.5. The fraction of sp³-hybridized carbons (Fsp3) is 0.375. The quantitative estimate of drug-likeness (QED) is 0.838. The van der Waals surface area contributed by atoms with Gasteiger partial charge in [0.15, 0.2) is 0 Å². The molecule has 2 heterocycles. The summed E-state index contributed by atoms with van der Waals surface area (Å²) in [6.45, 7) is 1.41. The Labute approximate surface area is 146 Å². The second-order valence-corrected chi connectivity index (χ2v) is 6.50. The van der Waals surface area contributed by atoms with Crippen molar-refractivity contribution in [1.82, 2.24) is 4.98 Å². The summed E-state index contributed by atoms with van der Waals surface area (Å²) in [5.74, 6) is -0.261. The maximum atomic E-state index is 13.3. The minimum Gasteiger partial charge on any atom is -0.489 e. The summed E-state index contributed by atoms with van der Waals surface area (Å²) in [7, 11) is 0. The highest BCUT2D eigenvalue weighted by Gasteiger charge is 2.24. The number of halogens is 2. The molecule has 0 saturated carbocycles. The van der Waals surface area contributed by atoms with Crippen molar-refractivity contribution in [3.05, 3.63) is 40.4 Å². The van der Waals surface area contributed by atoms with Crippen LogP contribution in [-0.2, 0) is 11.2 Å². The number of amides is 1. The molecule has 1 fully saturated rings.